The molecule has 8 nitrogen and oxygen atoms in total. The molecule has 0 amide bonds. The molecule has 0 saturated carbocycles. The highest BCUT2D eigenvalue weighted by Gasteiger charge is 2.18. The van der Waals surface area contributed by atoms with Gasteiger partial charge >= 0.3 is 0 Å². The van der Waals surface area contributed by atoms with Crippen molar-refractivity contribution >= 4 is 11.5 Å². The molecule has 1 unspecified atom stereocenters. The highest BCUT2D eigenvalue weighted by molar-refractivity contribution is 5.61. The fraction of sp³-hybridized carbons (Fsp3) is 0.375. The second-order valence-electron chi connectivity index (χ2n) is 5.97. The molecule has 0 spiro atoms. The average Bonchev–Trinajstić information content (AvgIpc) is 2.53. The summed E-state index contributed by atoms with van der Waals surface area (Å²) >= 11 is 0. The summed E-state index contributed by atoms with van der Waals surface area (Å²) in [7, 11) is 1.60. The highest BCUT2D eigenvalue weighted by atomic mass is 16.6. The predicted molar refractivity (Wildman–Crippen MR) is 91.8 cm³/mol. The first-order chi connectivity index (χ1) is 11.3. The minimum Gasteiger partial charge on any atom is -0.383 e. The molecule has 0 aliphatic carbocycles. The lowest BCUT2D eigenvalue weighted by atomic mass is 10.1. The van der Waals surface area contributed by atoms with Crippen LogP contribution in [-0.4, -0.2) is 40.7 Å². The normalized spacial score (nSPS) is 13.3. The van der Waals surface area contributed by atoms with Gasteiger partial charge in [-0.2, -0.15) is 0 Å². The van der Waals surface area contributed by atoms with E-state index >= 15 is 0 Å². The number of nitro groups is 1. The zero-order valence-electron chi connectivity index (χ0n) is 13.9. The number of methoxy groups -OCH3 is 1. The van der Waals surface area contributed by atoms with Crippen LogP contribution in [-0.2, 0) is 4.74 Å². The molecule has 1 atom stereocenters. The largest absolute Gasteiger partial charge is 0.383 e. The summed E-state index contributed by atoms with van der Waals surface area (Å²) in [4.78, 5) is 19.3. The number of nitrogens with zero attached hydrogens (tertiary/aromatic N) is 3. The molecule has 0 aliphatic heterocycles. The second-order valence-corrected chi connectivity index (χ2v) is 5.97. The van der Waals surface area contributed by atoms with E-state index in [2.05, 4.69) is 15.3 Å². The van der Waals surface area contributed by atoms with Crippen LogP contribution in [0.5, 0.6) is 0 Å². The van der Waals surface area contributed by atoms with Crippen LogP contribution in [0.3, 0.4) is 0 Å². The third-order valence-corrected chi connectivity index (χ3v) is 3.32. The third-order valence-electron chi connectivity index (χ3n) is 3.32. The Balaban J connectivity index is 2.25. The molecule has 0 saturated heterocycles. The van der Waals surface area contributed by atoms with Gasteiger partial charge in [-0.05, 0) is 13.8 Å². The van der Waals surface area contributed by atoms with E-state index in [0.717, 1.165) is 5.69 Å². The van der Waals surface area contributed by atoms with Gasteiger partial charge in [-0.25, -0.2) is 9.97 Å². The molecule has 2 aromatic rings. The topological polar surface area (TPSA) is 116 Å². The monoisotopic (exact) mass is 331 g/mol. The molecule has 24 heavy (non-hydrogen) atoms. The average molecular weight is 331 g/mol. The first kappa shape index (κ1) is 17.8. The maximum atomic E-state index is 10.9. The summed E-state index contributed by atoms with van der Waals surface area (Å²) in [6.07, 6.45) is 0. The van der Waals surface area contributed by atoms with E-state index in [1.54, 1.807) is 25.3 Å². The van der Waals surface area contributed by atoms with E-state index in [9.17, 15) is 10.1 Å². The van der Waals surface area contributed by atoms with Crippen molar-refractivity contribution in [1.82, 2.24) is 9.97 Å². The number of benzene rings is 1. The summed E-state index contributed by atoms with van der Waals surface area (Å²) in [5, 5.41) is 14.1. The van der Waals surface area contributed by atoms with Crippen molar-refractivity contribution in [2.24, 2.45) is 5.73 Å². The van der Waals surface area contributed by atoms with Crippen molar-refractivity contribution in [3.63, 3.8) is 0 Å². The second kappa shape index (κ2) is 7.33. The molecule has 1 aromatic heterocycles. The van der Waals surface area contributed by atoms with E-state index < -0.39 is 10.5 Å². The molecule has 8 heteroatoms. The summed E-state index contributed by atoms with van der Waals surface area (Å²) in [5.74, 6) is 1.03. The van der Waals surface area contributed by atoms with Gasteiger partial charge in [0.1, 0.15) is 5.82 Å². The van der Waals surface area contributed by atoms with Crippen LogP contribution >= 0.6 is 0 Å². The third kappa shape index (κ3) is 4.71. The minimum absolute atomic E-state index is 0.00161. The van der Waals surface area contributed by atoms with E-state index in [0.29, 0.717) is 30.4 Å². The molecule has 1 heterocycles. The number of non-ortho nitro benzene ring substituents is 1. The summed E-state index contributed by atoms with van der Waals surface area (Å²) in [6.45, 7) is 4.58. The first-order valence-corrected chi connectivity index (χ1v) is 7.43. The van der Waals surface area contributed by atoms with E-state index in [4.69, 9.17) is 10.5 Å². The Kier molecular flexibility index (Phi) is 5.42. The van der Waals surface area contributed by atoms with Gasteiger partial charge in [-0.3, -0.25) is 10.1 Å². The number of aromatic nitrogens is 2. The predicted octanol–water partition coefficient (Wildman–Crippen LogP) is 2.14. The van der Waals surface area contributed by atoms with Gasteiger partial charge in [-0.1, -0.05) is 12.1 Å². The molecule has 3 N–H and O–H groups in total. The molecule has 1 aromatic carbocycles. The van der Waals surface area contributed by atoms with Gasteiger partial charge in [0, 0.05) is 43.1 Å². The lowest BCUT2D eigenvalue weighted by molar-refractivity contribution is -0.384. The van der Waals surface area contributed by atoms with Gasteiger partial charge < -0.3 is 15.8 Å². The Hall–Kier alpha value is -2.58. The number of ether oxygens (including phenoxy) is 1. The van der Waals surface area contributed by atoms with E-state index in [1.165, 1.54) is 12.1 Å². The number of nitrogens with two attached hydrogens (primary N) is 1. The van der Waals surface area contributed by atoms with Crippen LogP contribution in [0, 0.1) is 17.0 Å². The number of nitro benzene ring substituents is 1. The van der Waals surface area contributed by atoms with Crippen molar-refractivity contribution in [2.45, 2.75) is 19.4 Å². The number of hydrogen-bond acceptors (Lipinski definition) is 7. The molecular weight excluding hydrogens is 310 g/mol. The molecule has 2 rings (SSSR count). The smallest absolute Gasteiger partial charge is 0.270 e. The van der Waals surface area contributed by atoms with Crippen LogP contribution in [0.1, 0.15) is 12.6 Å². The van der Waals surface area contributed by atoms with Gasteiger partial charge in [0.05, 0.1) is 17.1 Å². The Morgan fingerprint density at radius 1 is 1.38 bits per heavy atom. The fourth-order valence-corrected chi connectivity index (χ4v) is 2.22. The Morgan fingerprint density at radius 3 is 2.79 bits per heavy atom. The Labute approximate surface area is 140 Å². The van der Waals surface area contributed by atoms with Crippen LogP contribution in [0.15, 0.2) is 30.3 Å². The Morgan fingerprint density at radius 2 is 2.12 bits per heavy atom. The molecule has 0 bridgehead atoms. The molecule has 128 valence electrons. The molecule has 0 radical (unpaired) electrons. The molecular formula is C16H21N5O3. The van der Waals surface area contributed by atoms with Gasteiger partial charge in [0.15, 0.2) is 5.82 Å². The van der Waals surface area contributed by atoms with Crippen molar-refractivity contribution < 1.29 is 9.66 Å². The van der Waals surface area contributed by atoms with Gasteiger partial charge in [0.2, 0.25) is 0 Å². The number of hydrogen-bond donors (Lipinski definition) is 2. The lowest BCUT2D eigenvalue weighted by Gasteiger charge is -2.24. The maximum Gasteiger partial charge on any atom is 0.270 e. The van der Waals surface area contributed by atoms with Crippen LogP contribution in [0.25, 0.3) is 11.4 Å². The van der Waals surface area contributed by atoms with Gasteiger partial charge in [0.25, 0.3) is 5.69 Å². The lowest BCUT2D eigenvalue weighted by Crippen LogP contribution is -2.47. The molecule has 0 aliphatic rings. The molecule has 0 fully saturated rings. The maximum absolute atomic E-state index is 10.9. The fourth-order valence-electron chi connectivity index (χ4n) is 2.22. The van der Waals surface area contributed by atoms with Crippen molar-refractivity contribution in [1.29, 1.82) is 0 Å². The number of nitrogens with one attached hydrogen (secondary N) is 1. The van der Waals surface area contributed by atoms with Crippen molar-refractivity contribution in [3.8, 4) is 11.4 Å². The summed E-state index contributed by atoms with van der Waals surface area (Å²) in [5.41, 5.74) is 6.90. The van der Waals surface area contributed by atoms with Crippen molar-refractivity contribution in [3.05, 3.63) is 46.1 Å². The number of aryl methyl sites for hydroxylation is 1. The van der Waals surface area contributed by atoms with Crippen LogP contribution in [0.4, 0.5) is 11.5 Å². The van der Waals surface area contributed by atoms with Gasteiger partial charge in [-0.15, -0.1) is 0 Å². The number of anilines is 1. The summed E-state index contributed by atoms with van der Waals surface area (Å²) in [6, 6.07) is 8.04. The van der Waals surface area contributed by atoms with Crippen LogP contribution < -0.4 is 11.1 Å². The quantitative estimate of drug-likeness (QED) is 0.589. The van der Waals surface area contributed by atoms with E-state index in [1.807, 2.05) is 13.8 Å². The summed E-state index contributed by atoms with van der Waals surface area (Å²) < 4.78 is 5.09. The standard InChI is InChI=1S/C16H21N5O3/c1-11-7-14(18-9-16(2,17)10-24-3)20-15(19-11)12-5-4-6-13(8-12)21(22)23/h4-8H,9-10,17H2,1-3H3,(H,18,19,20). The highest BCUT2D eigenvalue weighted by Crippen LogP contribution is 2.22. The van der Waals surface area contributed by atoms with Crippen molar-refractivity contribution in [2.75, 3.05) is 25.6 Å². The zero-order chi connectivity index (χ0) is 17.7. The first-order valence-electron chi connectivity index (χ1n) is 7.43. The van der Waals surface area contributed by atoms with E-state index in [-0.39, 0.29) is 5.69 Å². The minimum atomic E-state index is -0.542. The zero-order valence-corrected chi connectivity index (χ0v) is 13.9. The van der Waals surface area contributed by atoms with Crippen LogP contribution in [0.2, 0.25) is 0 Å². The SMILES string of the molecule is COCC(C)(N)CNc1cc(C)nc(-c2cccc([N+](=O)[O-])c2)n1. The number of rotatable bonds is 7. The Bertz CT molecular complexity index is 733.